The number of fused-ring (bicyclic) bond motifs is 4. The normalized spacial score (nSPS) is 28.3. The van der Waals surface area contributed by atoms with E-state index < -0.39 is 0 Å². The van der Waals surface area contributed by atoms with Crippen molar-refractivity contribution in [1.82, 2.24) is 4.90 Å². The quantitative estimate of drug-likeness (QED) is 0.771. The lowest BCUT2D eigenvalue weighted by Crippen LogP contribution is -2.35. The number of carbonyl (C=O) groups is 1. The molecule has 4 heteroatoms. The molecule has 110 valence electrons. The van der Waals surface area contributed by atoms with Crippen LogP contribution >= 0.6 is 22.9 Å². The van der Waals surface area contributed by atoms with Crippen LogP contribution in [0.15, 0.2) is 12.1 Å². The van der Waals surface area contributed by atoms with Crippen LogP contribution in [0.5, 0.6) is 0 Å². The zero-order valence-electron chi connectivity index (χ0n) is 12.0. The number of nitrogens with zero attached hydrogens (tertiary/aromatic N) is 1. The molecule has 1 aliphatic carbocycles. The smallest absolute Gasteiger partial charge is 0.176 e. The predicted octanol–water partition coefficient (Wildman–Crippen LogP) is 4.34. The van der Waals surface area contributed by atoms with Crippen LogP contribution < -0.4 is 0 Å². The van der Waals surface area contributed by atoms with Gasteiger partial charge in [0.15, 0.2) is 5.78 Å². The van der Waals surface area contributed by atoms with Gasteiger partial charge in [0.1, 0.15) is 0 Å². The molecule has 1 saturated carbocycles. The minimum atomic E-state index is 0.0715. The van der Waals surface area contributed by atoms with Gasteiger partial charge >= 0.3 is 0 Å². The van der Waals surface area contributed by atoms with Crippen molar-refractivity contribution in [2.24, 2.45) is 17.8 Å². The summed E-state index contributed by atoms with van der Waals surface area (Å²) in [6.07, 6.45) is 5.57. The number of ketones is 1. The molecule has 0 amide bonds. The average Bonchev–Trinajstić information content (AvgIpc) is 2.67. The van der Waals surface area contributed by atoms with Crippen molar-refractivity contribution in [3.63, 3.8) is 0 Å². The Morgan fingerprint density at radius 3 is 2.40 bits per heavy atom. The standard InChI is InChI=1S/C16H22ClNOS/c1-11(16(19)14-6-7-15(17)20-14)8-18-9-12-2-3-13(10-18)5-4-12/h6-7,11-13H,2-5,8-10H2,1H3. The monoisotopic (exact) mass is 311 g/mol. The number of thiophene rings is 1. The van der Waals surface area contributed by atoms with Crippen LogP contribution in [-0.2, 0) is 0 Å². The number of rotatable bonds is 4. The van der Waals surface area contributed by atoms with Gasteiger partial charge in [-0.15, -0.1) is 11.3 Å². The predicted molar refractivity (Wildman–Crippen MR) is 84.7 cm³/mol. The highest BCUT2D eigenvalue weighted by atomic mass is 35.5. The van der Waals surface area contributed by atoms with Gasteiger partial charge in [-0.1, -0.05) is 18.5 Å². The number of halogens is 1. The second kappa shape index (κ2) is 6.17. The molecule has 1 unspecified atom stereocenters. The molecule has 2 bridgehead atoms. The van der Waals surface area contributed by atoms with E-state index in [1.54, 1.807) is 0 Å². The largest absolute Gasteiger partial charge is 0.302 e. The fraction of sp³-hybridized carbons (Fsp3) is 0.688. The Balaban J connectivity index is 1.61. The summed E-state index contributed by atoms with van der Waals surface area (Å²) in [5, 5.41) is 0. The first-order valence-electron chi connectivity index (χ1n) is 7.63. The molecular formula is C16H22ClNOS. The first kappa shape index (κ1) is 14.6. The Hall–Kier alpha value is -0.380. The molecule has 2 saturated heterocycles. The van der Waals surface area contributed by atoms with Crippen LogP contribution in [0.1, 0.15) is 42.3 Å². The number of Topliss-reactive ketones (excluding diaryl/α,β-unsaturated/α-hetero) is 1. The van der Waals surface area contributed by atoms with Gasteiger partial charge in [0.2, 0.25) is 0 Å². The Bertz CT molecular complexity index is 465. The van der Waals surface area contributed by atoms with E-state index in [4.69, 9.17) is 11.6 Å². The topological polar surface area (TPSA) is 20.3 Å². The lowest BCUT2D eigenvalue weighted by Gasteiger charge is -2.25. The van der Waals surface area contributed by atoms with Crippen LogP contribution in [0.4, 0.5) is 0 Å². The molecule has 2 nitrogen and oxygen atoms in total. The highest BCUT2D eigenvalue weighted by Crippen LogP contribution is 2.34. The van der Waals surface area contributed by atoms with Crippen molar-refractivity contribution in [1.29, 1.82) is 0 Å². The van der Waals surface area contributed by atoms with E-state index in [0.717, 1.165) is 23.3 Å². The zero-order valence-corrected chi connectivity index (χ0v) is 13.6. The maximum atomic E-state index is 12.4. The van der Waals surface area contributed by atoms with E-state index in [9.17, 15) is 4.79 Å². The van der Waals surface area contributed by atoms with E-state index in [0.29, 0.717) is 4.34 Å². The van der Waals surface area contributed by atoms with Crippen LogP contribution in [0.25, 0.3) is 0 Å². The van der Waals surface area contributed by atoms with Crippen molar-refractivity contribution >= 4 is 28.7 Å². The third-order valence-corrected chi connectivity index (χ3v) is 6.04. The van der Waals surface area contributed by atoms with Gasteiger partial charge in [-0.3, -0.25) is 4.79 Å². The van der Waals surface area contributed by atoms with Gasteiger partial charge in [0.05, 0.1) is 9.21 Å². The summed E-state index contributed by atoms with van der Waals surface area (Å²) in [7, 11) is 0. The number of carbonyl (C=O) groups excluding carboxylic acids is 1. The van der Waals surface area contributed by atoms with Gasteiger partial charge in [0.25, 0.3) is 0 Å². The molecule has 3 fully saturated rings. The Morgan fingerprint density at radius 1 is 1.30 bits per heavy atom. The minimum absolute atomic E-state index is 0.0715. The van der Waals surface area contributed by atoms with Gasteiger partial charge < -0.3 is 4.90 Å². The first-order valence-corrected chi connectivity index (χ1v) is 8.83. The molecular weight excluding hydrogens is 290 g/mol. The molecule has 1 aromatic heterocycles. The lowest BCUT2D eigenvalue weighted by atomic mass is 9.84. The maximum Gasteiger partial charge on any atom is 0.176 e. The van der Waals surface area contributed by atoms with E-state index in [1.807, 2.05) is 12.1 Å². The summed E-state index contributed by atoms with van der Waals surface area (Å²) < 4.78 is 0.702. The van der Waals surface area contributed by atoms with Crippen LogP contribution in [0, 0.1) is 17.8 Å². The number of hydrogen-bond donors (Lipinski definition) is 0. The highest BCUT2D eigenvalue weighted by molar-refractivity contribution is 7.18. The minimum Gasteiger partial charge on any atom is -0.302 e. The van der Waals surface area contributed by atoms with Crippen molar-refractivity contribution < 1.29 is 4.79 Å². The van der Waals surface area contributed by atoms with Gasteiger partial charge in [-0.05, 0) is 49.7 Å². The molecule has 3 heterocycles. The zero-order chi connectivity index (χ0) is 14.1. The van der Waals surface area contributed by atoms with Crippen molar-refractivity contribution in [2.75, 3.05) is 19.6 Å². The molecule has 0 N–H and O–H groups in total. The summed E-state index contributed by atoms with van der Waals surface area (Å²) in [5.74, 6) is 2.06. The van der Waals surface area contributed by atoms with E-state index in [1.165, 1.54) is 50.1 Å². The van der Waals surface area contributed by atoms with Gasteiger partial charge in [0, 0.05) is 25.6 Å². The molecule has 0 radical (unpaired) electrons. The summed E-state index contributed by atoms with van der Waals surface area (Å²) in [5.41, 5.74) is 0. The lowest BCUT2D eigenvalue weighted by molar-refractivity contribution is 0.0893. The SMILES string of the molecule is CC(CN1CC2CCC(CC2)C1)C(=O)c1ccc(Cl)s1. The first-order chi connectivity index (χ1) is 9.61. The van der Waals surface area contributed by atoms with Crippen LogP contribution in [0.2, 0.25) is 4.34 Å². The van der Waals surface area contributed by atoms with Crippen LogP contribution in [-0.4, -0.2) is 30.3 Å². The molecule has 2 aliphatic heterocycles. The fourth-order valence-corrected chi connectivity index (χ4v) is 4.81. The third kappa shape index (κ3) is 3.26. The molecule has 1 aromatic rings. The second-order valence-corrected chi connectivity index (χ2v) is 8.19. The molecule has 1 atom stereocenters. The Morgan fingerprint density at radius 2 is 1.90 bits per heavy atom. The van der Waals surface area contributed by atoms with E-state index in [2.05, 4.69) is 11.8 Å². The Labute approximate surface area is 130 Å². The molecule has 0 spiro atoms. The average molecular weight is 312 g/mol. The molecule has 3 aliphatic rings. The van der Waals surface area contributed by atoms with E-state index in [-0.39, 0.29) is 11.7 Å². The van der Waals surface area contributed by atoms with Crippen molar-refractivity contribution in [3.05, 3.63) is 21.3 Å². The van der Waals surface area contributed by atoms with Gasteiger partial charge in [-0.25, -0.2) is 0 Å². The molecule has 20 heavy (non-hydrogen) atoms. The maximum absolute atomic E-state index is 12.4. The Kier molecular flexibility index (Phi) is 4.49. The third-order valence-electron chi connectivity index (χ3n) is 4.79. The fourth-order valence-electron chi connectivity index (χ4n) is 3.71. The highest BCUT2D eigenvalue weighted by Gasteiger charge is 2.30. The summed E-state index contributed by atoms with van der Waals surface area (Å²) in [4.78, 5) is 15.8. The summed E-state index contributed by atoms with van der Waals surface area (Å²) in [6, 6.07) is 3.68. The van der Waals surface area contributed by atoms with Crippen molar-refractivity contribution in [3.8, 4) is 0 Å². The number of hydrogen-bond acceptors (Lipinski definition) is 3. The molecule has 0 aromatic carbocycles. The van der Waals surface area contributed by atoms with E-state index >= 15 is 0 Å². The molecule has 4 rings (SSSR count). The van der Waals surface area contributed by atoms with Crippen molar-refractivity contribution in [2.45, 2.75) is 32.6 Å². The summed E-state index contributed by atoms with van der Waals surface area (Å²) in [6.45, 7) is 5.35. The summed E-state index contributed by atoms with van der Waals surface area (Å²) >= 11 is 7.33. The second-order valence-electron chi connectivity index (χ2n) is 6.47. The van der Waals surface area contributed by atoms with Gasteiger partial charge in [-0.2, -0.15) is 0 Å². The van der Waals surface area contributed by atoms with Crippen LogP contribution in [0.3, 0.4) is 0 Å².